The molecule has 3 N–H and O–H groups in total. The first kappa shape index (κ1) is 9.70. The number of carboxylic acid groups (broad SMARTS) is 1. The Balaban J connectivity index is 3.02. The van der Waals surface area contributed by atoms with E-state index in [0.717, 1.165) is 8.66 Å². The van der Waals surface area contributed by atoms with Gasteiger partial charge in [0.05, 0.1) is 3.79 Å². The average Bonchev–Trinajstić information content (AvgIpc) is 2.28. The number of aryl methyl sites for hydroxylation is 1. The lowest BCUT2D eigenvalue weighted by atomic mass is 10.1. The van der Waals surface area contributed by atoms with E-state index in [1.54, 1.807) is 6.07 Å². The molecule has 5 heteroatoms. The Bertz CT molecular complexity index is 310. The zero-order chi connectivity index (χ0) is 9.30. The van der Waals surface area contributed by atoms with Gasteiger partial charge in [-0.25, -0.2) is 0 Å². The fourth-order valence-corrected chi connectivity index (χ4v) is 2.75. The van der Waals surface area contributed by atoms with Gasteiger partial charge in [0.25, 0.3) is 0 Å². The normalized spacial score (nSPS) is 12.9. The minimum absolute atomic E-state index is 0.644. The van der Waals surface area contributed by atoms with Crippen LogP contribution in [0.4, 0.5) is 0 Å². The zero-order valence-corrected chi connectivity index (χ0v) is 8.78. The molecule has 1 aromatic rings. The predicted molar refractivity (Wildman–Crippen MR) is 51.3 cm³/mol. The van der Waals surface area contributed by atoms with Crippen LogP contribution in [-0.4, -0.2) is 11.1 Å². The molecule has 0 fully saturated rings. The van der Waals surface area contributed by atoms with Gasteiger partial charge in [0.1, 0.15) is 6.04 Å². The van der Waals surface area contributed by atoms with Crippen molar-refractivity contribution >= 4 is 33.2 Å². The van der Waals surface area contributed by atoms with Crippen molar-refractivity contribution in [2.45, 2.75) is 13.0 Å². The summed E-state index contributed by atoms with van der Waals surface area (Å²) in [4.78, 5) is 11.6. The van der Waals surface area contributed by atoms with Gasteiger partial charge < -0.3 is 10.8 Å². The van der Waals surface area contributed by atoms with Crippen molar-refractivity contribution in [3.05, 3.63) is 20.3 Å². The molecule has 66 valence electrons. The lowest BCUT2D eigenvalue weighted by molar-refractivity contribution is -0.138. The predicted octanol–water partition coefficient (Wildman–Crippen LogP) is 1.90. The van der Waals surface area contributed by atoms with E-state index >= 15 is 0 Å². The van der Waals surface area contributed by atoms with Crippen molar-refractivity contribution in [1.82, 2.24) is 0 Å². The van der Waals surface area contributed by atoms with Gasteiger partial charge in [0, 0.05) is 10.4 Å². The summed E-state index contributed by atoms with van der Waals surface area (Å²) in [6, 6.07) is 0.859. The summed E-state index contributed by atoms with van der Waals surface area (Å²) in [5, 5.41) is 8.63. The Kier molecular flexibility index (Phi) is 2.87. The maximum absolute atomic E-state index is 10.5. The fraction of sp³-hybridized carbons (Fsp3) is 0.286. The van der Waals surface area contributed by atoms with Crippen LogP contribution in [0.1, 0.15) is 16.5 Å². The molecule has 12 heavy (non-hydrogen) atoms. The second-order valence-corrected chi connectivity index (χ2v) is 4.98. The molecule has 1 atom stereocenters. The van der Waals surface area contributed by atoms with Gasteiger partial charge in [-0.05, 0) is 28.9 Å². The molecule has 0 saturated carbocycles. The molecule has 1 unspecified atom stereocenters. The summed E-state index contributed by atoms with van der Waals surface area (Å²) in [6.45, 7) is 1.91. The Labute approximate surface area is 82.3 Å². The van der Waals surface area contributed by atoms with Crippen molar-refractivity contribution in [3.8, 4) is 0 Å². The van der Waals surface area contributed by atoms with Crippen molar-refractivity contribution < 1.29 is 9.90 Å². The van der Waals surface area contributed by atoms with E-state index < -0.39 is 12.0 Å². The topological polar surface area (TPSA) is 63.3 Å². The van der Waals surface area contributed by atoms with Gasteiger partial charge in [-0.2, -0.15) is 0 Å². The van der Waals surface area contributed by atoms with E-state index in [1.807, 2.05) is 6.92 Å². The summed E-state index contributed by atoms with van der Waals surface area (Å²) in [5.74, 6) is -1.01. The highest BCUT2D eigenvalue weighted by molar-refractivity contribution is 9.11. The number of aliphatic carboxylic acids is 1. The second kappa shape index (κ2) is 3.55. The summed E-state index contributed by atoms with van der Waals surface area (Å²) in [5.41, 5.74) is 6.07. The molecule has 0 aliphatic carbocycles. The highest BCUT2D eigenvalue weighted by Gasteiger charge is 2.18. The minimum atomic E-state index is -1.01. The fourth-order valence-electron chi connectivity index (χ4n) is 0.851. The average molecular weight is 250 g/mol. The molecule has 0 aliphatic heterocycles. The largest absolute Gasteiger partial charge is 0.480 e. The van der Waals surface area contributed by atoms with Gasteiger partial charge in [-0.1, -0.05) is 0 Å². The highest BCUT2D eigenvalue weighted by atomic mass is 79.9. The van der Waals surface area contributed by atoms with Gasteiger partial charge >= 0.3 is 5.97 Å². The van der Waals surface area contributed by atoms with Crippen LogP contribution in [0.25, 0.3) is 0 Å². The Morgan fingerprint density at radius 2 is 2.42 bits per heavy atom. The van der Waals surface area contributed by atoms with E-state index in [9.17, 15) is 4.79 Å². The highest BCUT2D eigenvalue weighted by Crippen LogP contribution is 2.31. The monoisotopic (exact) mass is 249 g/mol. The minimum Gasteiger partial charge on any atom is -0.480 e. The molecule has 0 aromatic carbocycles. The second-order valence-electron chi connectivity index (χ2n) is 2.40. The van der Waals surface area contributed by atoms with E-state index in [2.05, 4.69) is 15.9 Å². The summed E-state index contributed by atoms with van der Waals surface area (Å²) in [7, 11) is 0. The van der Waals surface area contributed by atoms with E-state index in [1.165, 1.54) is 11.3 Å². The SMILES string of the molecule is Cc1cc(C(N)C(=O)O)c(Br)s1. The number of thiophene rings is 1. The first-order valence-corrected chi connectivity index (χ1v) is 4.87. The Morgan fingerprint density at radius 3 is 2.75 bits per heavy atom. The van der Waals surface area contributed by atoms with Crippen LogP contribution in [-0.2, 0) is 4.79 Å². The van der Waals surface area contributed by atoms with E-state index in [0.29, 0.717) is 5.56 Å². The number of carbonyl (C=O) groups is 1. The van der Waals surface area contributed by atoms with Gasteiger partial charge in [-0.3, -0.25) is 4.79 Å². The molecular weight excluding hydrogens is 242 g/mol. The maximum atomic E-state index is 10.5. The van der Waals surface area contributed by atoms with Crippen LogP contribution in [0.2, 0.25) is 0 Å². The van der Waals surface area contributed by atoms with Crippen molar-refractivity contribution in [2.75, 3.05) is 0 Å². The van der Waals surface area contributed by atoms with E-state index in [-0.39, 0.29) is 0 Å². The third kappa shape index (κ3) is 1.85. The van der Waals surface area contributed by atoms with Crippen molar-refractivity contribution in [3.63, 3.8) is 0 Å². The standard InChI is InChI=1S/C7H8BrNO2S/c1-3-2-4(6(8)12-3)5(9)7(10)11/h2,5H,9H2,1H3,(H,10,11). The van der Waals surface area contributed by atoms with Crippen LogP contribution in [0.3, 0.4) is 0 Å². The third-order valence-electron chi connectivity index (χ3n) is 1.44. The Morgan fingerprint density at radius 1 is 1.83 bits per heavy atom. The molecule has 0 aliphatic rings. The number of nitrogens with two attached hydrogens (primary N) is 1. The first-order valence-electron chi connectivity index (χ1n) is 3.26. The molecule has 3 nitrogen and oxygen atoms in total. The Hall–Kier alpha value is -0.390. The summed E-state index contributed by atoms with van der Waals surface area (Å²) in [6.07, 6.45) is 0. The van der Waals surface area contributed by atoms with Gasteiger partial charge in [0.15, 0.2) is 0 Å². The summed E-state index contributed by atoms with van der Waals surface area (Å²) < 4.78 is 0.801. The van der Waals surface area contributed by atoms with Crippen LogP contribution >= 0.6 is 27.3 Å². The van der Waals surface area contributed by atoms with Gasteiger partial charge in [0.2, 0.25) is 0 Å². The van der Waals surface area contributed by atoms with Crippen LogP contribution in [0.15, 0.2) is 9.85 Å². The van der Waals surface area contributed by atoms with Crippen LogP contribution < -0.4 is 5.73 Å². The molecule has 1 aromatic heterocycles. The lowest BCUT2D eigenvalue weighted by Gasteiger charge is -2.03. The number of rotatable bonds is 2. The molecular formula is C7H8BrNO2S. The number of hydrogen-bond acceptors (Lipinski definition) is 3. The molecule has 1 heterocycles. The molecule has 0 radical (unpaired) electrons. The molecule has 0 saturated heterocycles. The zero-order valence-electron chi connectivity index (χ0n) is 6.37. The molecule has 1 rings (SSSR count). The van der Waals surface area contributed by atoms with Crippen LogP contribution in [0, 0.1) is 6.92 Å². The van der Waals surface area contributed by atoms with Crippen molar-refractivity contribution in [2.24, 2.45) is 5.73 Å². The molecule has 0 bridgehead atoms. The maximum Gasteiger partial charge on any atom is 0.325 e. The number of hydrogen-bond donors (Lipinski definition) is 2. The number of carboxylic acids is 1. The smallest absolute Gasteiger partial charge is 0.325 e. The van der Waals surface area contributed by atoms with Crippen molar-refractivity contribution in [1.29, 1.82) is 0 Å². The lowest BCUT2D eigenvalue weighted by Crippen LogP contribution is -2.20. The quantitative estimate of drug-likeness (QED) is 0.842. The first-order chi connectivity index (χ1) is 5.52. The van der Waals surface area contributed by atoms with Gasteiger partial charge in [-0.15, -0.1) is 11.3 Å². The molecule has 0 amide bonds. The number of halogens is 1. The van der Waals surface area contributed by atoms with Crippen LogP contribution in [0.5, 0.6) is 0 Å². The third-order valence-corrected chi connectivity index (χ3v) is 3.24. The van der Waals surface area contributed by atoms with E-state index in [4.69, 9.17) is 10.8 Å². The summed E-state index contributed by atoms with van der Waals surface area (Å²) >= 11 is 4.75. The molecule has 0 spiro atoms.